The first-order valence-electron chi connectivity index (χ1n) is 7.12. The van der Waals surface area contributed by atoms with Crippen molar-refractivity contribution in [3.63, 3.8) is 0 Å². The Morgan fingerprint density at radius 2 is 1.44 bits per heavy atom. The number of methoxy groups -OCH3 is 1. The predicted molar refractivity (Wildman–Crippen MR) is 96.3 cm³/mol. The number of aliphatic carboxylic acids is 2. The molecule has 2 aromatic carbocycles. The van der Waals surface area contributed by atoms with Crippen molar-refractivity contribution in [2.24, 2.45) is 11.5 Å². The van der Waals surface area contributed by atoms with Crippen LogP contribution in [0.15, 0.2) is 53.0 Å². The SMILES string of the molecule is COc1cccc(C(N)C(=O)O)c1.NC(C(=O)O)c1cccc(Br)c1. The van der Waals surface area contributed by atoms with E-state index >= 15 is 0 Å². The molecule has 6 N–H and O–H groups in total. The largest absolute Gasteiger partial charge is 0.497 e. The summed E-state index contributed by atoms with van der Waals surface area (Å²) in [6.45, 7) is 0. The standard InChI is InChI=1S/C9H11NO3.C8H8BrNO2/c1-13-7-4-2-3-6(5-7)8(10)9(11)12;9-6-3-1-2-5(4-6)7(10)8(11)12/h2-5,8H,10H2,1H3,(H,11,12);1-4,7H,10H2,(H,11,12). The third-order valence-corrected chi connectivity index (χ3v) is 3.69. The molecule has 8 heteroatoms. The van der Waals surface area contributed by atoms with Crippen molar-refractivity contribution in [2.45, 2.75) is 12.1 Å². The highest BCUT2D eigenvalue weighted by atomic mass is 79.9. The van der Waals surface area contributed by atoms with Gasteiger partial charge in [-0.25, -0.2) is 0 Å². The van der Waals surface area contributed by atoms with E-state index in [0.717, 1.165) is 4.47 Å². The van der Waals surface area contributed by atoms with Gasteiger partial charge in [0, 0.05) is 4.47 Å². The van der Waals surface area contributed by atoms with Crippen LogP contribution in [0.4, 0.5) is 0 Å². The molecule has 25 heavy (non-hydrogen) atoms. The van der Waals surface area contributed by atoms with Gasteiger partial charge in [-0.3, -0.25) is 9.59 Å². The van der Waals surface area contributed by atoms with Gasteiger partial charge in [0.1, 0.15) is 17.8 Å². The molecule has 0 aliphatic rings. The average Bonchev–Trinajstić information content (AvgIpc) is 2.60. The van der Waals surface area contributed by atoms with Gasteiger partial charge >= 0.3 is 11.9 Å². The van der Waals surface area contributed by atoms with Crippen LogP contribution in [0, 0.1) is 0 Å². The maximum atomic E-state index is 10.5. The Morgan fingerprint density at radius 1 is 0.960 bits per heavy atom. The number of nitrogens with two attached hydrogens (primary N) is 2. The average molecular weight is 411 g/mol. The molecule has 0 aromatic heterocycles. The minimum absolute atomic E-state index is 0.534. The molecule has 0 radical (unpaired) electrons. The van der Waals surface area contributed by atoms with E-state index in [1.165, 1.54) is 7.11 Å². The molecular weight excluding hydrogens is 392 g/mol. The molecule has 0 amide bonds. The van der Waals surface area contributed by atoms with Crippen molar-refractivity contribution < 1.29 is 24.5 Å². The third-order valence-electron chi connectivity index (χ3n) is 3.19. The molecule has 0 bridgehead atoms. The van der Waals surface area contributed by atoms with Gasteiger partial charge < -0.3 is 26.4 Å². The normalized spacial score (nSPS) is 12.3. The smallest absolute Gasteiger partial charge is 0.325 e. The van der Waals surface area contributed by atoms with Gasteiger partial charge in [0.05, 0.1) is 7.11 Å². The lowest BCUT2D eigenvalue weighted by Crippen LogP contribution is -2.20. The van der Waals surface area contributed by atoms with Crippen LogP contribution in [-0.2, 0) is 9.59 Å². The number of carbonyl (C=O) groups is 2. The first kappa shape index (κ1) is 20.6. The van der Waals surface area contributed by atoms with Crippen molar-refractivity contribution in [1.29, 1.82) is 0 Å². The number of ether oxygens (including phenoxy) is 1. The topological polar surface area (TPSA) is 136 Å². The zero-order valence-corrected chi connectivity index (χ0v) is 15.0. The van der Waals surface area contributed by atoms with E-state index in [1.807, 2.05) is 6.07 Å². The molecule has 7 nitrogen and oxygen atoms in total. The van der Waals surface area contributed by atoms with Gasteiger partial charge in [0.25, 0.3) is 0 Å². The van der Waals surface area contributed by atoms with Crippen LogP contribution in [0.1, 0.15) is 23.2 Å². The van der Waals surface area contributed by atoms with Crippen LogP contribution < -0.4 is 16.2 Å². The van der Waals surface area contributed by atoms with Crippen LogP contribution in [0.3, 0.4) is 0 Å². The second kappa shape index (κ2) is 9.77. The molecule has 0 spiro atoms. The lowest BCUT2D eigenvalue weighted by Gasteiger charge is -2.07. The summed E-state index contributed by atoms with van der Waals surface area (Å²) >= 11 is 3.23. The molecule has 0 saturated carbocycles. The van der Waals surface area contributed by atoms with Crippen LogP contribution in [0.5, 0.6) is 5.75 Å². The number of hydrogen-bond donors (Lipinski definition) is 4. The lowest BCUT2D eigenvalue weighted by molar-refractivity contribution is -0.139. The van der Waals surface area contributed by atoms with Crippen molar-refractivity contribution in [3.8, 4) is 5.75 Å². The van der Waals surface area contributed by atoms with Gasteiger partial charge in [-0.15, -0.1) is 0 Å². The van der Waals surface area contributed by atoms with E-state index in [-0.39, 0.29) is 0 Å². The van der Waals surface area contributed by atoms with E-state index in [1.54, 1.807) is 42.5 Å². The Morgan fingerprint density at radius 3 is 1.88 bits per heavy atom. The van der Waals surface area contributed by atoms with Gasteiger partial charge in [-0.05, 0) is 35.4 Å². The molecule has 0 fully saturated rings. The monoisotopic (exact) mass is 410 g/mol. The molecule has 2 atom stereocenters. The lowest BCUT2D eigenvalue weighted by atomic mass is 10.1. The summed E-state index contributed by atoms with van der Waals surface area (Å²) in [7, 11) is 1.52. The Bertz CT molecular complexity index is 738. The molecule has 0 saturated heterocycles. The fraction of sp³-hybridized carbons (Fsp3) is 0.176. The van der Waals surface area contributed by atoms with Crippen molar-refractivity contribution >= 4 is 27.9 Å². The Labute approximate surface area is 153 Å². The molecule has 2 aromatic rings. The first-order chi connectivity index (χ1) is 11.8. The van der Waals surface area contributed by atoms with E-state index in [2.05, 4.69) is 15.9 Å². The molecule has 2 rings (SSSR count). The van der Waals surface area contributed by atoms with Crippen LogP contribution in [0.2, 0.25) is 0 Å². The number of carboxylic acid groups (broad SMARTS) is 2. The zero-order chi connectivity index (χ0) is 19.0. The summed E-state index contributed by atoms with van der Waals surface area (Å²) in [5, 5.41) is 17.2. The van der Waals surface area contributed by atoms with Gasteiger partial charge in [-0.1, -0.05) is 40.2 Å². The summed E-state index contributed by atoms with van der Waals surface area (Å²) in [6.07, 6.45) is 0. The minimum atomic E-state index is -1.05. The molecule has 2 unspecified atom stereocenters. The Hall–Kier alpha value is -2.42. The van der Waals surface area contributed by atoms with Crippen LogP contribution in [0.25, 0.3) is 0 Å². The summed E-state index contributed by atoms with van der Waals surface area (Å²) in [4.78, 5) is 21.0. The van der Waals surface area contributed by atoms with Crippen LogP contribution in [-0.4, -0.2) is 29.3 Å². The second-order valence-electron chi connectivity index (χ2n) is 4.96. The highest BCUT2D eigenvalue weighted by Gasteiger charge is 2.14. The quantitative estimate of drug-likeness (QED) is 0.593. The minimum Gasteiger partial charge on any atom is -0.497 e. The van der Waals surface area contributed by atoms with Crippen molar-refractivity contribution in [2.75, 3.05) is 7.11 Å². The number of rotatable bonds is 5. The number of benzene rings is 2. The van der Waals surface area contributed by atoms with E-state index in [4.69, 9.17) is 26.4 Å². The molecular formula is C17H19BrN2O5. The van der Waals surface area contributed by atoms with Crippen molar-refractivity contribution in [3.05, 3.63) is 64.1 Å². The van der Waals surface area contributed by atoms with Crippen LogP contribution >= 0.6 is 15.9 Å². The highest BCUT2D eigenvalue weighted by molar-refractivity contribution is 9.10. The molecule has 0 aliphatic heterocycles. The van der Waals surface area contributed by atoms with Crippen molar-refractivity contribution in [1.82, 2.24) is 0 Å². The summed E-state index contributed by atoms with van der Waals surface area (Å²) in [6, 6.07) is 11.7. The maximum absolute atomic E-state index is 10.5. The van der Waals surface area contributed by atoms with Gasteiger partial charge in [0.15, 0.2) is 0 Å². The summed E-state index contributed by atoms with van der Waals surface area (Å²) in [5.74, 6) is -1.46. The summed E-state index contributed by atoms with van der Waals surface area (Å²) in [5.41, 5.74) is 11.9. The Balaban J connectivity index is 0.000000251. The second-order valence-corrected chi connectivity index (χ2v) is 5.88. The number of halogens is 1. The summed E-state index contributed by atoms with van der Waals surface area (Å²) < 4.78 is 5.77. The van der Waals surface area contributed by atoms with E-state index in [9.17, 15) is 9.59 Å². The van der Waals surface area contributed by atoms with E-state index < -0.39 is 24.0 Å². The highest BCUT2D eigenvalue weighted by Crippen LogP contribution is 2.17. The molecule has 134 valence electrons. The number of carboxylic acids is 2. The van der Waals surface area contributed by atoms with Gasteiger partial charge in [0.2, 0.25) is 0 Å². The predicted octanol–water partition coefficient (Wildman–Crippen LogP) is 2.31. The molecule has 0 heterocycles. The third kappa shape index (κ3) is 6.54. The zero-order valence-electron chi connectivity index (χ0n) is 13.4. The van der Waals surface area contributed by atoms with E-state index in [0.29, 0.717) is 16.9 Å². The fourth-order valence-electron chi connectivity index (χ4n) is 1.82. The fourth-order valence-corrected chi connectivity index (χ4v) is 2.24. The molecule has 0 aliphatic carbocycles. The van der Waals surface area contributed by atoms with Gasteiger partial charge in [-0.2, -0.15) is 0 Å². The first-order valence-corrected chi connectivity index (χ1v) is 7.91. The Kier molecular flexibility index (Phi) is 8.06. The maximum Gasteiger partial charge on any atom is 0.325 e. The number of hydrogen-bond acceptors (Lipinski definition) is 5.